The largest absolute Gasteiger partial charge is 0.360 e. The van der Waals surface area contributed by atoms with E-state index in [1.165, 1.54) is 18.4 Å². The Hall–Kier alpha value is -2.66. The number of likely N-dealkylation sites (tertiary alicyclic amines) is 1. The van der Waals surface area contributed by atoms with Gasteiger partial charge in [-0.05, 0) is 68.7 Å². The lowest BCUT2D eigenvalue weighted by Crippen LogP contribution is -2.29. The molecule has 0 amide bonds. The van der Waals surface area contributed by atoms with E-state index < -0.39 is 0 Å². The summed E-state index contributed by atoms with van der Waals surface area (Å²) in [6.45, 7) is 2.31. The van der Waals surface area contributed by atoms with Crippen molar-refractivity contribution >= 4 is 22.1 Å². The Kier molecular flexibility index (Phi) is 3.35. The number of nitrogens with one attached hydrogen (secondary N) is 2. The van der Waals surface area contributed by atoms with Gasteiger partial charge in [-0.15, -0.1) is 0 Å². The van der Waals surface area contributed by atoms with Crippen molar-refractivity contribution in [2.24, 2.45) is 0 Å². The number of benzene rings is 1. The zero-order valence-corrected chi connectivity index (χ0v) is 14.3. The Balaban J connectivity index is 1.57. The predicted molar refractivity (Wildman–Crippen MR) is 101 cm³/mol. The van der Waals surface area contributed by atoms with Crippen molar-refractivity contribution in [3.05, 3.63) is 48.2 Å². The van der Waals surface area contributed by atoms with Crippen LogP contribution in [0.25, 0.3) is 33.6 Å². The molecule has 0 bridgehead atoms. The second kappa shape index (κ2) is 5.70. The Morgan fingerprint density at radius 2 is 1.84 bits per heavy atom. The standard InChI is InChI=1S/C20H21N5/c1-25-10-8-13(9-11-25)14-12-21-17-6-7-18(22-19(14)17)20-23-15-4-2-3-5-16(15)24-20/h2-7,12-13,21H,8-11H2,1H3,(H,23,24). The number of rotatable bonds is 2. The van der Waals surface area contributed by atoms with Crippen LogP contribution in [0.5, 0.6) is 0 Å². The third kappa shape index (κ3) is 2.51. The molecule has 1 saturated heterocycles. The molecule has 25 heavy (non-hydrogen) atoms. The van der Waals surface area contributed by atoms with E-state index in [0.29, 0.717) is 5.92 Å². The summed E-state index contributed by atoms with van der Waals surface area (Å²) in [7, 11) is 2.20. The van der Waals surface area contributed by atoms with Crippen LogP contribution in [0.2, 0.25) is 0 Å². The summed E-state index contributed by atoms with van der Waals surface area (Å²) in [4.78, 5) is 18.8. The van der Waals surface area contributed by atoms with Crippen LogP contribution in [0.3, 0.4) is 0 Å². The van der Waals surface area contributed by atoms with Gasteiger partial charge in [-0.1, -0.05) is 12.1 Å². The van der Waals surface area contributed by atoms with Gasteiger partial charge >= 0.3 is 0 Å². The molecule has 1 aliphatic heterocycles. The molecule has 1 fully saturated rings. The average molecular weight is 331 g/mol. The quantitative estimate of drug-likeness (QED) is 0.585. The van der Waals surface area contributed by atoms with Crippen LogP contribution in [0.1, 0.15) is 24.3 Å². The van der Waals surface area contributed by atoms with Crippen LogP contribution >= 0.6 is 0 Å². The molecule has 0 unspecified atom stereocenters. The lowest BCUT2D eigenvalue weighted by molar-refractivity contribution is 0.256. The van der Waals surface area contributed by atoms with Crippen LogP contribution < -0.4 is 0 Å². The summed E-state index contributed by atoms with van der Waals surface area (Å²) < 4.78 is 0. The van der Waals surface area contributed by atoms with E-state index in [4.69, 9.17) is 9.97 Å². The van der Waals surface area contributed by atoms with Gasteiger partial charge in [-0.3, -0.25) is 0 Å². The molecule has 4 aromatic rings. The van der Waals surface area contributed by atoms with Crippen molar-refractivity contribution in [1.82, 2.24) is 24.8 Å². The number of piperidine rings is 1. The van der Waals surface area contributed by atoms with Crippen molar-refractivity contribution in [2.75, 3.05) is 20.1 Å². The molecule has 0 atom stereocenters. The van der Waals surface area contributed by atoms with Crippen LogP contribution in [0.15, 0.2) is 42.6 Å². The van der Waals surface area contributed by atoms with E-state index >= 15 is 0 Å². The van der Waals surface area contributed by atoms with Crippen molar-refractivity contribution in [3.8, 4) is 11.5 Å². The summed E-state index contributed by atoms with van der Waals surface area (Å²) in [6, 6.07) is 12.2. The first kappa shape index (κ1) is 14.7. The second-order valence-corrected chi connectivity index (χ2v) is 7.02. The third-order valence-corrected chi connectivity index (χ3v) is 5.34. The van der Waals surface area contributed by atoms with Gasteiger partial charge in [0.1, 0.15) is 5.69 Å². The van der Waals surface area contributed by atoms with Crippen molar-refractivity contribution < 1.29 is 0 Å². The van der Waals surface area contributed by atoms with Crippen molar-refractivity contribution in [3.63, 3.8) is 0 Å². The maximum atomic E-state index is 4.96. The number of nitrogens with zero attached hydrogens (tertiary/aromatic N) is 3. The number of para-hydroxylation sites is 2. The van der Waals surface area contributed by atoms with Gasteiger partial charge in [-0.25, -0.2) is 9.97 Å². The first-order chi connectivity index (χ1) is 12.3. The molecule has 1 aromatic carbocycles. The number of hydrogen-bond donors (Lipinski definition) is 2. The minimum Gasteiger partial charge on any atom is -0.360 e. The van der Waals surface area contributed by atoms with Crippen molar-refractivity contribution in [1.29, 1.82) is 0 Å². The van der Waals surface area contributed by atoms with Gasteiger partial charge in [0.05, 0.1) is 22.1 Å². The zero-order valence-electron chi connectivity index (χ0n) is 14.3. The molecule has 2 N–H and O–H groups in total. The molecule has 0 radical (unpaired) electrons. The molecule has 5 heteroatoms. The number of hydrogen-bond acceptors (Lipinski definition) is 3. The Morgan fingerprint density at radius 1 is 1.00 bits per heavy atom. The number of aromatic nitrogens is 4. The fourth-order valence-electron chi connectivity index (χ4n) is 3.86. The molecular weight excluding hydrogens is 310 g/mol. The normalized spacial score (nSPS) is 16.8. The molecular formula is C20H21N5. The topological polar surface area (TPSA) is 60.6 Å². The Labute approximate surface area is 146 Å². The molecule has 4 heterocycles. The van der Waals surface area contributed by atoms with E-state index in [2.05, 4.69) is 34.2 Å². The lowest BCUT2D eigenvalue weighted by Gasteiger charge is -2.28. The molecule has 1 aliphatic rings. The van der Waals surface area contributed by atoms with Crippen LogP contribution in [0, 0.1) is 0 Å². The fraction of sp³-hybridized carbons (Fsp3) is 0.300. The summed E-state index contributed by atoms with van der Waals surface area (Å²) in [5.74, 6) is 1.42. The second-order valence-electron chi connectivity index (χ2n) is 7.02. The smallest absolute Gasteiger partial charge is 0.157 e. The van der Waals surface area contributed by atoms with Crippen LogP contribution in [-0.2, 0) is 0 Å². The van der Waals surface area contributed by atoms with Gasteiger partial charge < -0.3 is 14.9 Å². The SMILES string of the molecule is CN1CCC(c2c[nH]c3ccc(-c4nc5ccccc5[nH]4)nc23)CC1. The van der Waals surface area contributed by atoms with Gasteiger partial charge in [0, 0.05) is 6.20 Å². The van der Waals surface area contributed by atoms with Crippen LogP contribution in [-0.4, -0.2) is 45.0 Å². The predicted octanol–water partition coefficient (Wildman–Crippen LogP) is 3.92. The zero-order chi connectivity index (χ0) is 16.8. The molecule has 5 nitrogen and oxygen atoms in total. The summed E-state index contributed by atoms with van der Waals surface area (Å²) in [6.07, 6.45) is 4.54. The van der Waals surface area contributed by atoms with E-state index in [1.54, 1.807) is 0 Å². The Morgan fingerprint density at radius 3 is 2.68 bits per heavy atom. The minimum absolute atomic E-state index is 0.586. The molecule has 3 aromatic heterocycles. The molecule has 126 valence electrons. The van der Waals surface area contributed by atoms with E-state index in [0.717, 1.165) is 46.7 Å². The number of pyridine rings is 1. The summed E-state index contributed by atoms with van der Waals surface area (Å²) in [5, 5.41) is 0. The lowest BCUT2D eigenvalue weighted by atomic mass is 9.90. The third-order valence-electron chi connectivity index (χ3n) is 5.34. The first-order valence-corrected chi connectivity index (χ1v) is 8.89. The van der Waals surface area contributed by atoms with E-state index in [1.807, 2.05) is 30.3 Å². The number of H-pyrrole nitrogens is 2. The fourth-order valence-corrected chi connectivity index (χ4v) is 3.86. The van der Waals surface area contributed by atoms with Crippen molar-refractivity contribution in [2.45, 2.75) is 18.8 Å². The van der Waals surface area contributed by atoms with E-state index in [9.17, 15) is 0 Å². The maximum Gasteiger partial charge on any atom is 0.157 e. The average Bonchev–Trinajstić information content (AvgIpc) is 3.26. The van der Waals surface area contributed by atoms with E-state index in [-0.39, 0.29) is 0 Å². The monoisotopic (exact) mass is 331 g/mol. The van der Waals surface area contributed by atoms with Gasteiger partial charge in [0.25, 0.3) is 0 Å². The summed E-state index contributed by atoms with van der Waals surface area (Å²) in [5.41, 5.74) is 6.47. The minimum atomic E-state index is 0.586. The van der Waals surface area contributed by atoms with Crippen LogP contribution in [0.4, 0.5) is 0 Å². The van der Waals surface area contributed by atoms with Gasteiger partial charge in [-0.2, -0.15) is 0 Å². The molecule has 5 rings (SSSR count). The molecule has 0 aliphatic carbocycles. The highest BCUT2D eigenvalue weighted by Crippen LogP contribution is 2.33. The summed E-state index contributed by atoms with van der Waals surface area (Å²) >= 11 is 0. The Bertz CT molecular complexity index is 1000. The highest BCUT2D eigenvalue weighted by atomic mass is 15.1. The highest BCUT2D eigenvalue weighted by molar-refractivity contribution is 5.83. The van der Waals surface area contributed by atoms with Gasteiger partial charge in [0.15, 0.2) is 5.82 Å². The van der Waals surface area contributed by atoms with Gasteiger partial charge in [0.2, 0.25) is 0 Å². The molecule has 0 saturated carbocycles. The molecule has 0 spiro atoms. The number of fused-ring (bicyclic) bond motifs is 2. The number of imidazole rings is 1. The first-order valence-electron chi connectivity index (χ1n) is 8.89. The maximum absolute atomic E-state index is 4.96. The number of aromatic amines is 2. The highest BCUT2D eigenvalue weighted by Gasteiger charge is 2.22.